The molecule has 0 spiro atoms. The van der Waals surface area contributed by atoms with Gasteiger partial charge in [-0.2, -0.15) is 13.2 Å². The van der Waals surface area contributed by atoms with Crippen LogP contribution in [0.15, 0.2) is 24.3 Å². The average Bonchev–Trinajstić information content (AvgIpc) is 2.99. The predicted molar refractivity (Wildman–Crippen MR) is 87.0 cm³/mol. The summed E-state index contributed by atoms with van der Waals surface area (Å²) in [5.74, 6) is 0.246. The van der Waals surface area contributed by atoms with Crippen molar-refractivity contribution in [3.63, 3.8) is 0 Å². The third kappa shape index (κ3) is 6.20. The molecule has 1 fully saturated rings. The van der Waals surface area contributed by atoms with E-state index in [1.807, 2.05) is 0 Å². The molecule has 0 unspecified atom stereocenters. The maximum atomic E-state index is 12.2. The van der Waals surface area contributed by atoms with Crippen molar-refractivity contribution >= 4 is 18.3 Å². The van der Waals surface area contributed by atoms with Crippen molar-refractivity contribution in [3.8, 4) is 5.75 Å². The molecule has 3 N–H and O–H groups in total. The molecule has 1 aromatic carbocycles. The number of rotatable bonds is 6. The van der Waals surface area contributed by atoms with Gasteiger partial charge in [0.2, 0.25) is 5.91 Å². The van der Waals surface area contributed by atoms with Crippen LogP contribution in [-0.2, 0) is 11.3 Å². The monoisotopic (exact) mass is 366 g/mol. The number of amides is 1. The topological polar surface area (TPSA) is 64.4 Å². The van der Waals surface area contributed by atoms with E-state index in [9.17, 15) is 18.0 Å². The number of carbonyl (C=O) groups is 1. The third-order valence-corrected chi connectivity index (χ3v) is 4.07. The summed E-state index contributed by atoms with van der Waals surface area (Å²) in [7, 11) is 0. The van der Waals surface area contributed by atoms with E-state index in [-0.39, 0.29) is 42.4 Å². The van der Waals surface area contributed by atoms with E-state index in [2.05, 4.69) is 5.32 Å². The van der Waals surface area contributed by atoms with Crippen LogP contribution >= 0.6 is 12.4 Å². The molecule has 0 aromatic heterocycles. The van der Waals surface area contributed by atoms with Gasteiger partial charge in [0, 0.05) is 12.5 Å². The van der Waals surface area contributed by atoms with Gasteiger partial charge in [0.1, 0.15) is 5.75 Å². The molecule has 24 heavy (non-hydrogen) atoms. The van der Waals surface area contributed by atoms with Gasteiger partial charge in [-0.25, -0.2) is 0 Å². The van der Waals surface area contributed by atoms with Gasteiger partial charge in [-0.3, -0.25) is 4.79 Å². The average molecular weight is 367 g/mol. The lowest BCUT2D eigenvalue weighted by atomic mass is 9.95. The minimum absolute atomic E-state index is 0. The molecule has 1 aliphatic carbocycles. The number of carbonyl (C=O) groups excluding carboxylic acids is 1. The fourth-order valence-electron chi connectivity index (χ4n) is 2.89. The molecule has 1 amide bonds. The van der Waals surface area contributed by atoms with E-state index < -0.39 is 12.8 Å². The van der Waals surface area contributed by atoms with Crippen molar-refractivity contribution in [1.82, 2.24) is 5.32 Å². The summed E-state index contributed by atoms with van der Waals surface area (Å²) in [5, 5.41) is 2.83. The second-order valence-corrected chi connectivity index (χ2v) is 5.80. The van der Waals surface area contributed by atoms with Crippen LogP contribution in [0.1, 0.15) is 24.8 Å². The molecule has 1 aliphatic rings. The fourth-order valence-corrected chi connectivity index (χ4v) is 2.89. The lowest BCUT2D eigenvalue weighted by Crippen LogP contribution is -2.34. The highest BCUT2D eigenvalue weighted by molar-refractivity contribution is 5.85. The van der Waals surface area contributed by atoms with Gasteiger partial charge in [0.25, 0.3) is 0 Å². The first kappa shape index (κ1) is 20.6. The first-order valence-corrected chi connectivity index (χ1v) is 7.65. The minimum atomic E-state index is -4.37. The van der Waals surface area contributed by atoms with Crippen LogP contribution in [0.3, 0.4) is 0 Å². The number of hydrogen-bond acceptors (Lipinski definition) is 3. The first-order valence-electron chi connectivity index (χ1n) is 7.65. The van der Waals surface area contributed by atoms with Crippen LogP contribution in [0.4, 0.5) is 13.2 Å². The highest BCUT2D eigenvalue weighted by Crippen LogP contribution is 2.31. The van der Waals surface area contributed by atoms with Crippen molar-refractivity contribution in [2.24, 2.45) is 17.6 Å². The van der Waals surface area contributed by atoms with Gasteiger partial charge in [-0.1, -0.05) is 18.6 Å². The van der Waals surface area contributed by atoms with E-state index in [0.717, 1.165) is 19.3 Å². The molecule has 136 valence electrons. The summed E-state index contributed by atoms with van der Waals surface area (Å²) in [4.78, 5) is 12.2. The Morgan fingerprint density at radius 1 is 1.33 bits per heavy atom. The fraction of sp³-hybridized carbons (Fsp3) is 0.562. The Balaban J connectivity index is 0.00000288. The zero-order valence-electron chi connectivity index (χ0n) is 13.1. The highest BCUT2D eigenvalue weighted by Gasteiger charge is 2.31. The quantitative estimate of drug-likeness (QED) is 0.813. The zero-order valence-corrected chi connectivity index (χ0v) is 14.0. The standard InChI is InChI=1S/C16H21F3N2O2.ClH/c17-16(18,19)10-23-13-5-1-3-11(7-13)9-21-15(22)14-6-2-4-12(14)8-20;/h1,3,5,7,12,14H,2,4,6,8-10,20H2,(H,21,22);1H/t12-,14-;/m1./s1. The van der Waals surface area contributed by atoms with Crippen LogP contribution in [0.5, 0.6) is 5.75 Å². The van der Waals surface area contributed by atoms with Crippen molar-refractivity contribution in [2.45, 2.75) is 32.0 Å². The number of benzene rings is 1. The second-order valence-electron chi connectivity index (χ2n) is 5.80. The van der Waals surface area contributed by atoms with Gasteiger partial charge in [-0.15, -0.1) is 12.4 Å². The van der Waals surface area contributed by atoms with Crippen LogP contribution in [0.25, 0.3) is 0 Å². The van der Waals surface area contributed by atoms with Gasteiger partial charge < -0.3 is 15.8 Å². The van der Waals surface area contributed by atoms with E-state index in [1.165, 1.54) is 12.1 Å². The third-order valence-electron chi connectivity index (χ3n) is 4.07. The Kier molecular flexibility index (Phi) is 7.83. The molecule has 0 saturated heterocycles. The predicted octanol–water partition coefficient (Wildman–Crippen LogP) is 3.04. The van der Waals surface area contributed by atoms with Gasteiger partial charge >= 0.3 is 6.18 Å². The van der Waals surface area contributed by atoms with Crippen LogP contribution in [-0.4, -0.2) is 25.2 Å². The van der Waals surface area contributed by atoms with Crippen LogP contribution < -0.4 is 15.8 Å². The number of ether oxygens (including phenoxy) is 1. The van der Waals surface area contributed by atoms with Crippen LogP contribution in [0.2, 0.25) is 0 Å². The Morgan fingerprint density at radius 3 is 2.75 bits per heavy atom. The Bertz CT molecular complexity index is 540. The molecule has 0 heterocycles. The molecule has 0 radical (unpaired) electrons. The molecule has 1 aromatic rings. The van der Waals surface area contributed by atoms with E-state index in [0.29, 0.717) is 12.1 Å². The van der Waals surface area contributed by atoms with E-state index in [4.69, 9.17) is 10.5 Å². The van der Waals surface area contributed by atoms with E-state index >= 15 is 0 Å². The number of alkyl halides is 3. The molecule has 2 rings (SSSR count). The van der Waals surface area contributed by atoms with Gasteiger partial charge in [-0.05, 0) is 43.0 Å². The lowest BCUT2D eigenvalue weighted by Gasteiger charge is -2.17. The largest absolute Gasteiger partial charge is 0.484 e. The zero-order chi connectivity index (χ0) is 16.9. The molecule has 4 nitrogen and oxygen atoms in total. The second kappa shape index (κ2) is 9.13. The first-order chi connectivity index (χ1) is 10.9. The molecule has 0 aliphatic heterocycles. The van der Waals surface area contributed by atoms with Crippen molar-refractivity contribution in [3.05, 3.63) is 29.8 Å². The maximum absolute atomic E-state index is 12.2. The Hall–Kier alpha value is -1.47. The maximum Gasteiger partial charge on any atom is 0.422 e. The van der Waals surface area contributed by atoms with Crippen molar-refractivity contribution < 1.29 is 22.7 Å². The Morgan fingerprint density at radius 2 is 2.08 bits per heavy atom. The minimum Gasteiger partial charge on any atom is -0.484 e. The normalized spacial score (nSPS) is 20.3. The van der Waals surface area contributed by atoms with Gasteiger partial charge in [0.15, 0.2) is 6.61 Å². The SMILES string of the molecule is Cl.NC[C@H]1CCC[C@H]1C(=O)NCc1cccc(OCC(F)(F)F)c1. The smallest absolute Gasteiger partial charge is 0.422 e. The lowest BCUT2D eigenvalue weighted by molar-refractivity contribution is -0.153. The van der Waals surface area contributed by atoms with Crippen molar-refractivity contribution in [1.29, 1.82) is 0 Å². The molecular weight excluding hydrogens is 345 g/mol. The number of hydrogen-bond donors (Lipinski definition) is 2. The summed E-state index contributed by atoms with van der Waals surface area (Å²) < 4.78 is 41.1. The summed E-state index contributed by atoms with van der Waals surface area (Å²) in [5.41, 5.74) is 6.36. The summed E-state index contributed by atoms with van der Waals surface area (Å²) >= 11 is 0. The van der Waals surface area contributed by atoms with Crippen LogP contribution in [0, 0.1) is 11.8 Å². The number of halogens is 4. The molecular formula is C16H22ClF3N2O2. The number of nitrogens with two attached hydrogens (primary N) is 1. The molecule has 2 atom stereocenters. The number of nitrogens with one attached hydrogen (secondary N) is 1. The van der Waals surface area contributed by atoms with Crippen molar-refractivity contribution in [2.75, 3.05) is 13.2 Å². The molecule has 0 bridgehead atoms. The highest BCUT2D eigenvalue weighted by atomic mass is 35.5. The summed E-state index contributed by atoms with van der Waals surface area (Å²) in [6.07, 6.45) is -1.57. The van der Waals surface area contributed by atoms with E-state index in [1.54, 1.807) is 12.1 Å². The van der Waals surface area contributed by atoms with Gasteiger partial charge in [0.05, 0.1) is 0 Å². The summed E-state index contributed by atoms with van der Waals surface area (Å²) in [6.45, 7) is -0.572. The molecule has 8 heteroatoms. The summed E-state index contributed by atoms with van der Waals surface area (Å²) in [6, 6.07) is 6.29. The Labute approximate surface area is 145 Å². The molecule has 1 saturated carbocycles.